The summed E-state index contributed by atoms with van der Waals surface area (Å²) in [5.41, 5.74) is 2.98. The molecule has 0 bridgehead atoms. The largest absolute Gasteiger partial charge is 0.452 e. The van der Waals surface area contributed by atoms with Crippen LogP contribution in [0, 0.1) is 0 Å². The van der Waals surface area contributed by atoms with Gasteiger partial charge in [-0.05, 0) is 42.2 Å². The van der Waals surface area contributed by atoms with Gasteiger partial charge in [0.2, 0.25) is 0 Å². The second-order valence-corrected chi connectivity index (χ2v) is 5.85. The number of amides is 1. The molecule has 0 aliphatic carbocycles. The van der Waals surface area contributed by atoms with Crippen LogP contribution in [0.15, 0.2) is 48.5 Å². The average Bonchev–Trinajstić information content (AvgIpc) is 2.66. The summed E-state index contributed by atoms with van der Waals surface area (Å²) in [6.07, 6.45) is 1.07. The summed E-state index contributed by atoms with van der Waals surface area (Å²) in [5, 5.41) is 5.65. The van der Waals surface area contributed by atoms with Crippen LogP contribution in [0.25, 0.3) is 0 Å². The molecule has 2 aromatic rings. The van der Waals surface area contributed by atoms with Gasteiger partial charge >= 0.3 is 5.97 Å². The first kappa shape index (κ1) is 18.5. The molecule has 0 saturated heterocycles. The third-order valence-corrected chi connectivity index (χ3v) is 4.13. The van der Waals surface area contributed by atoms with Gasteiger partial charge in [-0.25, -0.2) is 4.79 Å². The quantitative estimate of drug-likeness (QED) is 0.747. The van der Waals surface area contributed by atoms with Crippen molar-refractivity contribution >= 4 is 23.3 Å². The van der Waals surface area contributed by atoms with E-state index in [0.29, 0.717) is 22.9 Å². The number of rotatable bonds is 7. The first-order valence-corrected chi connectivity index (χ1v) is 8.38. The third-order valence-electron chi connectivity index (χ3n) is 4.13. The van der Waals surface area contributed by atoms with Crippen LogP contribution >= 0.6 is 0 Å². The summed E-state index contributed by atoms with van der Waals surface area (Å²) in [6, 6.07) is 14.7. The highest BCUT2D eigenvalue weighted by molar-refractivity contribution is 5.98. The van der Waals surface area contributed by atoms with E-state index in [1.807, 2.05) is 30.3 Å². The molecule has 0 aromatic heterocycles. The number of nitrogens with one attached hydrogen (secondary N) is 2. The highest BCUT2D eigenvalue weighted by atomic mass is 16.5. The highest BCUT2D eigenvalue weighted by Crippen LogP contribution is 2.20. The molecule has 25 heavy (non-hydrogen) atoms. The van der Waals surface area contributed by atoms with Gasteiger partial charge in [0.05, 0.1) is 5.56 Å². The lowest BCUT2D eigenvalue weighted by Crippen LogP contribution is -2.21. The Hall–Kier alpha value is -2.82. The number of anilines is 2. The number of ether oxygens (including phenoxy) is 1. The number of para-hydroxylation sites is 1. The van der Waals surface area contributed by atoms with Crippen LogP contribution in [0.4, 0.5) is 11.4 Å². The molecule has 0 saturated carbocycles. The standard InChI is InChI=1S/C20H24N2O3/c1-4-14(2)15-9-11-16(12-10-15)22-19(23)13-25-20(24)17-7-5-6-8-18(17)21-3/h5-12,14,21H,4,13H2,1-3H3,(H,22,23)/t14-/m0/s1. The fourth-order valence-electron chi connectivity index (χ4n) is 2.42. The molecule has 0 aliphatic rings. The van der Waals surface area contributed by atoms with Gasteiger partial charge < -0.3 is 15.4 Å². The van der Waals surface area contributed by atoms with E-state index in [1.54, 1.807) is 25.2 Å². The normalized spacial score (nSPS) is 11.5. The monoisotopic (exact) mass is 340 g/mol. The van der Waals surface area contributed by atoms with Gasteiger partial charge in [-0.1, -0.05) is 38.1 Å². The van der Waals surface area contributed by atoms with Crippen molar-refractivity contribution in [3.8, 4) is 0 Å². The van der Waals surface area contributed by atoms with E-state index in [1.165, 1.54) is 5.56 Å². The second kappa shape index (κ2) is 8.87. The second-order valence-electron chi connectivity index (χ2n) is 5.85. The van der Waals surface area contributed by atoms with Crippen LogP contribution in [0.5, 0.6) is 0 Å². The van der Waals surface area contributed by atoms with E-state index in [2.05, 4.69) is 24.5 Å². The summed E-state index contributed by atoms with van der Waals surface area (Å²) in [4.78, 5) is 24.1. The molecule has 0 spiro atoms. The maximum Gasteiger partial charge on any atom is 0.340 e. The van der Waals surface area contributed by atoms with E-state index >= 15 is 0 Å². The lowest BCUT2D eigenvalue weighted by atomic mass is 9.99. The van der Waals surface area contributed by atoms with Crippen LogP contribution in [0.3, 0.4) is 0 Å². The minimum Gasteiger partial charge on any atom is -0.452 e. The Balaban J connectivity index is 1.89. The van der Waals surface area contributed by atoms with Gasteiger partial charge in [0.25, 0.3) is 5.91 Å². The van der Waals surface area contributed by atoms with Crippen LogP contribution in [0.1, 0.15) is 42.1 Å². The molecule has 1 amide bonds. The van der Waals surface area contributed by atoms with Crippen molar-refractivity contribution in [2.24, 2.45) is 0 Å². The number of carbonyl (C=O) groups is 2. The molecule has 0 radical (unpaired) electrons. The van der Waals surface area contributed by atoms with Gasteiger partial charge in [-0.15, -0.1) is 0 Å². The van der Waals surface area contributed by atoms with E-state index in [-0.39, 0.29) is 12.5 Å². The SMILES string of the molecule is CC[C@H](C)c1ccc(NC(=O)COC(=O)c2ccccc2NC)cc1. The summed E-state index contributed by atoms with van der Waals surface area (Å²) >= 11 is 0. The summed E-state index contributed by atoms with van der Waals surface area (Å²) in [6.45, 7) is 3.97. The van der Waals surface area contributed by atoms with E-state index in [4.69, 9.17) is 4.74 Å². The predicted octanol–water partition coefficient (Wildman–Crippen LogP) is 4.04. The molecule has 5 nitrogen and oxygen atoms in total. The van der Waals surface area contributed by atoms with Crippen LogP contribution in [0.2, 0.25) is 0 Å². The molecule has 2 aromatic carbocycles. The molecule has 0 aliphatic heterocycles. The van der Waals surface area contributed by atoms with Crippen molar-refractivity contribution in [1.29, 1.82) is 0 Å². The Bertz CT molecular complexity index is 726. The van der Waals surface area contributed by atoms with Crippen molar-refractivity contribution in [3.63, 3.8) is 0 Å². The zero-order chi connectivity index (χ0) is 18.2. The Kier molecular flexibility index (Phi) is 6.57. The molecule has 1 atom stereocenters. The van der Waals surface area contributed by atoms with Crippen LogP contribution in [-0.4, -0.2) is 25.5 Å². The Morgan fingerprint density at radius 1 is 1.08 bits per heavy atom. The number of benzene rings is 2. The summed E-state index contributed by atoms with van der Waals surface area (Å²) in [5.74, 6) is -0.420. The topological polar surface area (TPSA) is 67.4 Å². The molecule has 0 fully saturated rings. The average molecular weight is 340 g/mol. The molecule has 5 heteroatoms. The van der Waals surface area contributed by atoms with E-state index in [9.17, 15) is 9.59 Å². The highest BCUT2D eigenvalue weighted by Gasteiger charge is 2.13. The van der Waals surface area contributed by atoms with Gasteiger partial charge in [0, 0.05) is 18.4 Å². The minimum atomic E-state index is -0.535. The van der Waals surface area contributed by atoms with Gasteiger partial charge in [-0.3, -0.25) is 4.79 Å². The van der Waals surface area contributed by atoms with Crippen molar-refractivity contribution in [2.75, 3.05) is 24.3 Å². The third kappa shape index (κ3) is 5.08. The minimum absolute atomic E-state index is 0.329. The number of esters is 1. The zero-order valence-electron chi connectivity index (χ0n) is 14.8. The van der Waals surface area contributed by atoms with E-state index in [0.717, 1.165) is 6.42 Å². The predicted molar refractivity (Wildman–Crippen MR) is 100 cm³/mol. The van der Waals surface area contributed by atoms with Gasteiger partial charge in [0.1, 0.15) is 0 Å². The van der Waals surface area contributed by atoms with Crippen molar-refractivity contribution in [3.05, 3.63) is 59.7 Å². The van der Waals surface area contributed by atoms with Crippen molar-refractivity contribution < 1.29 is 14.3 Å². The summed E-state index contributed by atoms with van der Waals surface area (Å²) < 4.78 is 5.09. The fraction of sp³-hybridized carbons (Fsp3) is 0.300. The Labute approximate surface area is 148 Å². The molecule has 0 heterocycles. The Morgan fingerprint density at radius 2 is 1.76 bits per heavy atom. The number of carbonyl (C=O) groups excluding carboxylic acids is 2. The van der Waals surface area contributed by atoms with Crippen LogP contribution < -0.4 is 10.6 Å². The van der Waals surface area contributed by atoms with Crippen LogP contribution in [-0.2, 0) is 9.53 Å². The molecular formula is C20H24N2O3. The maximum atomic E-state index is 12.1. The molecule has 0 unspecified atom stereocenters. The van der Waals surface area contributed by atoms with Gasteiger partial charge in [0.15, 0.2) is 6.61 Å². The first-order valence-electron chi connectivity index (χ1n) is 8.38. The van der Waals surface area contributed by atoms with Crippen molar-refractivity contribution in [1.82, 2.24) is 0 Å². The molecular weight excluding hydrogens is 316 g/mol. The Morgan fingerprint density at radius 3 is 2.40 bits per heavy atom. The van der Waals surface area contributed by atoms with Crippen molar-refractivity contribution in [2.45, 2.75) is 26.2 Å². The molecule has 2 N–H and O–H groups in total. The summed E-state index contributed by atoms with van der Waals surface area (Å²) in [7, 11) is 1.72. The lowest BCUT2D eigenvalue weighted by molar-refractivity contribution is -0.119. The van der Waals surface area contributed by atoms with E-state index < -0.39 is 5.97 Å². The molecule has 2 rings (SSSR count). The maximum absolute atomic E-state index is 12.1. The fourth-order valence-corrected chi connectivity index (χ4v) is 2.42. The molecule has 132 valence electrons. The number of hydrogen-bond donors (Lipinski definition) is 2. The lowest BCUT2D eigenvalue weighted by Gasteiger charge is -2.11. The smallest absolute Gasteiger partial charge is 0.340 e. The first-order chi connectivity index (χ1) is 12.0. The number of hydrogen-bond acceptors (Lipinski definition) is 4. The van der Waals surface area contributed by atoms with Gasteiger partial charge in [-0.2, -0.15) is 0 Å². The zero-order valence-corrected chi connectivity index (χ0v) is 14.8.